The lowest BCUT2D eigenvalue weighted by Crippen LogP contribution is -2.14. The molecule has 0 aliphatic carbocycles. The van der Waals surface area contributed by atoms with Gasteiger partial charge < -0.3 is 10.1 Å². The van der Waals surface area contributed by atoms with E-state index in [1.165, 1.54) is 37.4 Å². The Balaban J connectivity index is 2.24. The number of benzene rings is 2. The van der Waals surface area contributed by atoms with E-state index >= 15 is 0 Å². The van der Waals surface area contributed by atoms with Crippen LogP contribution in [-0.4, -0.2) is 13.0 Å². The molecule has 0 heterocycles. The molecule has 1 N–H and O–H groups in total. The van der Waals surface area contributed by atoms with Crippen molar-refractivity contribution in [3.05, 3.63) is 58.1 Å². The summed E-state index contributed by atoms with van der Waals surface area (Å²) in [4.78, 5) is 11.9. The van der Waals surface area contributed by atoms with Crippen LogP contribution in [0.4, 0.5) is 14.5 Å². The van der Waals surface area contributed by atoms with Crippen molar-refractivity contribution in [2.45, 2.75) is 0 Å². The summed E-state index contributed by atoms with van der Waals surface area (Å²) in [6.07, 6.45) is 0. The van der Waals surface area contributed by atoms with Gasteiger partial charge in [0.25, 0.3) is 5.91 Å². The van der Waals surface area contributed by atoms with Gasteiger partial charge in [-0.15, -0.1) is 0 Å². The van der Waals surface area contributed by atoms with Gasteiger partial charge in [0.15, 0.2) is 11.6 Å². The third-order valence-electron chi connectivity index (χ3n) is 2.61. The van der Waals surface area contributed by atoms with E-state index in [1.54, 1.807) is 0 Å². The van der Waals surface area contributed by atoms with Crippen LogP contribution in [0, 0.1) is 11.6 Å². The second-order valence-corrected chi connectivity index (χ2v) is 4.76. The molecule has 0 spiro atoms. The van der Waals surface area contributed by atoms with Crippen molar-refractivity contribution in [2.75, 3.05) is 12.4 Å². The molecule has 0 aromatic heterocycles. The quantitative estimate of drug-likeness (QED) is 0.916. The molecule has 0 unspecified atom stereocenters. The minimum absolute atomic E-state index is 0.0663. The molecule has 2 aromatic rings. The Bertz CT molecular complexity index is 662. The zero-order chi connectivity index (χ0) is 14.7. The minimum Gasteiger partial charge on any atom is -0.494 e. The number of carbonyl (C=O) groups excluding carboxylic acids is 1. The van der Waals surface area contributed by atoms with E-state index in [2.05, 4.69) is 21.2 Å². The van der Waals surface area contributed by atoms with Crippen LogP contribution in [0.5, 0.6) is 5.75 Å². The fourth-order valence-electron chi connectivity index (χ4n) is 1.62. The van der Waals surface area contributed by atoms with E-state index in [1.807, 2.05) is 0 Å². The molecule has 1 amide bonds. The summed E-state index contributed by atoms with van der Waals surface area (Å²) in [5.41, 5.74) is 0.0864. The average molecular weight is 342 g/mol. The highest BCUT2D eigenvalue weighted by molar-refractivity contribution is 9.10. The molecular weight excluding hydrogens is 332 g/mol. The molecule has 6 heteroatoms. The van der Waals surface area contributed by atoms with Crippen molar-refractivity contribution in [3.8, 4) is 5.75 Å². The Labute approximate surface area is 122 Å². The maximum atomic E-state index is 13.8. The topological polar surface area (TPSA) is 38.3 Å². The molecule has 0 aliphatic rings. The summed E-state index contributed by atoms with van der Waals surface area (Å²) in [5.74, 6) is -1.87. The van der Waals surface area contributed by atoms with E-state index < -0.39 is 17.5 Å². The number of hydrogen-bond donors (Lipinski definition) is 1. The number of carbonyl (C=O) groups is 1. The number of anilines is 1. The normalized spacial score (nSPS) is 10.2. The Hall–Kier alpha value is -1.95. The van der Waals surface area contributed by atoms with Crippen molar-refractivity contribution in [3.63, 3.8) is 0 Å². The Morgan fingerprint density at radius 2 is 2.00 bits per heavy atom. The Kier molecular flexibility index (Phi) is 4.34. The van der Waals surface area contributed by atoms with Crippen LogP contribution in [0.15, 0.2) is 40.9 Å². The lowest BCUT2D eigenvalue weighted by Gasteiger charge is -2.08. The van der Waals surface area contributed by atoms with Crippen molar-refractivity contribution >= 4 is 27.5 Å². The number of ether oxygens (including phenoxy) is 1. The Morgan fingerprint density at radius 3 is 2.65 bits per heavy atom. The minimum atomic E-state index is -0.668. The molecule has 2 rings (SSSR count). The molecule has 0 atom stereocenters. The predicted molar refractivity (Wildman–Crippen MR) is 75.0 cm³/mol. The standard InChI is InChI=1S/C14H10BrF2NO2/c1-20-12-6-5-8(7-11(12)16)18-14(19)9-3-2-4-10(15)13(9)17/h2-7H,1H3,(H,18,19). The molecule has 0 saturated heterocycles. The number of nitrogens with one attached hydrogen (secondary N) is 1. The van der Waals surface area contributed by atoms with Gasteiger partial charge >= 0.3 is 0 Å². The van der Waals surface area contributed by atoms with Gasteiger partial charge in [0.1, 0.15) is 5.82 Å². The fraction of sp³-hybridized carbons (Fsp3) is 0.0714. The fourth-order valence-corrected chi connectivity index (χ4v) is 1.99. The third kappa shape index (κ3) is 2.96. The summed E-state index contributed by atoms with van der Waals surface area (Å²) >= 11 is 3.00. The van der Waals surface area contributed by atoms with E-state index in [9.17, 15) is 13.6 Å². The largest absolute Gasteiger partial charge is 0.494 e. The van der Waals surface area contributed by atoms with E-state index in [0.717, 1.165) is 6.07 Å². The molecule has 0 radical (unpaired) electrons. The summed E-state index contributed by atoms with van der Waals surface area (Å²) in [6, 6.07) is 8.32. The first-order chi connectivity index (χ1) is 9.52. The monoisotopic (exact) mass is 341 g/mol. The maximum Gasteiger partial charge on any atom is 0.258 e. The second-order valence-electron chi connectivity index (χ2n) is 3.90. The highest BCUT2D eigenvalue weighted by Gasteiger charge is 2.14. The zero-order valence-electron chi connectivity index (χ0n) is 10.4. The Morgan fingerprint density at radius 1 is 1.25 bits per heavy atom. The summed E-state index contributed by atoms with van der Waals surface area (Å²) in [5, 5.41) is 2.42. The van der Waals surface area contributed by atoms with Gasteiger partial charge in [-0.25, -0.2) is 8.78 Å². The molecule has 20 heavy (non-hydrogen) atoms. The van der Waals surface area contributed by atoms with Crippen LogP contribution in [-0.2, 0) is 0 Å². The lowest BCUT2D eigenvalue weighted by atomic mass is 10.2. The SMILES string of the molecule is COc1ccc(NC(=O)c2cccc(Br)c2F)cc1F. The van der Waals surface area contributed by atoms with Gasteiger partial charge in [-0.05, 0) is 40.2 Å². The van der Waals surface area contributed by atoms with Crippen LogP contribution in [0.1, 0.15) is 10.4 Å². The van der Waals surface area contributed by atoms with Crippen LogP contribution in [0.2, 0.25) is 0 Å². The van der Waals surface area contributed by atoms with Crippen molar-refractivity contribution in [1.82, 2.24) is 0 Å². The van der Waals surface area contributed by atoms with Gasteiger partial charge in [0, 0.05) is 11.8 Å². The third-order valence-corrected chi connectivity index (χ3v) is 3.22. The highest BCUT2D eigenvalue weighted by Crippen LogP contribution is 2.23. The number of hydrogen-bond acceptors (Lipinski definition) is 2. The maximum absolute atomic E-state index is 13.8. The summed E-state index contributed by atoms with van der Waals surface area (Å²) in [6.45, 7) is 0. The molecule has 0 fully saturated rings. The number of halogens is 3. The van der Waals surface area contributed by atoms with Crippen molar-refractivity contribution in [2.24, 2.45) is 0 Å². The smallest absolute Gasteiger partial charge is 0.258 e. The highest BCUT2D eigenvalue weighted by atomic mass is 79.9. The van der Waals surface area contributed by atoms with Gasteiger partial charge in [-0.2, -0.15) is 0 Å². The van der Waals surface area contributed by atoms with E-state index in [4.69, 9.17) is 4.74 Å². The molecule has 3 nitrogen and oxygen atoms in total. The van der Waals surface area contributed by atoms with Crippen molar-refractivity contribution in [1.29, 1.82) is 0 Å². The van der Waals surface area contributed by atoms with Crippen LogP contribution in [0.25, 0.3) is 0 Å². The van der Waals surface area contributed by atoms with Gasteiger partial charge in [-0.3, -0.25) is 4.79 Å². The van der Waals surface area contributed by atoms with Crippen LogP contribution < -0.4 is 10.1 Å². The van der Waals surface area contributed by atoms with Crippen molar-refractivity contribution < 1.29 is 18.3 Å². The first-order valence-corrected chi connectivity index (χ1v) is 6.41. The molecule has 104 valence electrons. The van der Waals surface area contributed by atoms with Gasteiger partial charge in [-0.1, -0.05) is 6.07 Å². The number of amides is 1. The number of methoxy groups -OCH3 is 1. The summed E-state index contributed by atoms with van der Waals surface area (Å²) in [7, 11) is 1.34. The summed E-state index contributed by atoms with van der Waals surface area (Å²) < 4.78 is 32.2. The lowest BCUT2D eigenvalue weighted by molar-refractivity contribution is 0.102. The van der Waals surface area contributed by atoms with E-state index in [0.29, 0.717) is 0 Å². The number of rotatable bonds is 3. The van der Waals surface area contributed by atoms with Crippen LogP contribution >= 0.6 is 15.9 Å². The first kappa shape index (κ1) is 14.5. The van der Waals surface area contributed by atoms with E-state index in [-0.39, 0.29) is 21.5 Å². The van der Waals surface area contributed by atoms with Gasteiger partial charge in [0.2, 0.25) is 0 Å². The van der Waals surface area contributed by atoms with Gasteiger partial charge in [0.05, 0.1) is 17.1 Å². The molecular formula is C14H10BrF2NO2. The van der Waals surface area contributed by atoms with Crippen LogP contribution in [0.3, 0.4) is 0 Å². The average Bonchev–Trinajstić information content (AvgIpc) is 2.42. The molecule has 2 aromatic carbocycles. The molecule has 0 saturated carbocycles. The molecule has 0 bridgehead atoms. The second kappa shape index (κ2) is 6.00. The molecule has 0 aliphatic heterocycles. The predicted octanol–water partition coefficient (Wildman–Crippen LogP) is 3.99. The first-order valence-electron chi connectivity index (χ1n) is 5.62. The zero-order valence-corrected chi connectivity index (χ0v) is 12.0.